The number of carbonyl (C=O) groups excluding carboxylic acids is 1. The number of anilines is 2. The van der Waals surface area contributed by atoms with Crippen molar-refractivity contribution in [2.24, 2.45) is 0 Å². The van der Waals surface area contributed by atoms with E-state index in [1.807, 2.05) is 12.1 Å². The third kappa shape index (κ3) is 5.47. The molecule has 1 amide bonds. The van der Waals surface area contributed by atoms with Crippen LogP contribution in [-0.2, 0) is 14.8 Å². The van der Waals surface area contributed by atoms with Crippen LogP contribution >= 0.6 is 15.9 Å². The number of halogens is 1. The molecule has 0 fully saturated rings. The molecule has 0 radical (unpaired) electrons. The Balaban J connectivity index is 1.99. The summed E-state index contributed by atoms with van der Waals surface area (Å²) in [5, 5.41) is 2.77. The molecule has 134 valence electrons. The van der Waals surface area contributed by atoms with Gasteiger partial charge in [0, 0.05) is 17.2 Å². The minimum Gasteiger partial charge on any atom is -0.481 e. The van der Waals surface area contributed by atoms with Crippen LogP contribution in [0.3, 0.4) is 0 Å². The summed E-state index contributed by atoms with van der Waals surface area (Å²) in [5.74, 6) is 0.198. The van der Waals surface area contributed by atoms with Crippen LogP contribution in [0.25, 0.3) is 0 Å². The van der Waals surface area contributed by atoms with Gasteiger partial charge in [-0.3, -0.25) is 9.10 Å². The van der Waals surface area contributed by atoms with E-state index in [0.717, 1.165) is 10.7 Å². The molecule has 1 N–H and O–H groups in total. The molecular formula is C17H19BrN2O4S. The van der Waals surface area contributed by atoms with E-state index < -0.39 is 16.1 Å². The molecule has 0 heterocycles. The van der Waals surface area contributed by atoms with E-state index in [9.17, 15) is 13.2 Å². The Morgan fingerprint density at radius 1 is 1.12 bits per heavy atom. The number of carbonyl (C=O) groups is 1. The third-order valence-electron chi connectivity index (χ3n) is 3.49. The van der Waals surface area contributed by atoms with Crippen molar-refractivity contribution in [1.29, 1.82) is 0 Å². The fourth-order valence-corrected chi connectivity index (χ4v) is 2.73. The van der Waals surface area contributed by atoms with Gasteiger partial charge in [0.25, 0.3) is 5.91 Å². The molecule has 0 unspecified atom stereocenters. The summed E-state index contributed by atoms with van der Waals surface area (Å²) in [6.07, 6.45) is 0.425. The van der Waals surface area contributed by atoms with Gasteiger partial charge in [-0.1, -0.05) is 15.9 Å². The van der Waals surface area contributed by atoms with E-state index in [-0.39, 0.29) is 5.91 Å². The van der Waals surface area contributed by atoms with Crippen molar-refractivity contribution in [2.75, 3.05) is 22.9 Å². The topological polar surface area (TPSA) is 75.7 Å². The summed E-state index contributed by atoms with van der Waals surface area (Å²) in [4.78, 5) is 12.2. The molecular weight excluding hydrogens is 408 g/mol. The standard InChI is InChI=1S/C17H19BrN2O4S/c1-12(17(21)19-14-6-4-13(18)5-7-14)24-16-10-8-15(9-11-16)20(2)25(3,22)23/h4-12H,1-3H3,(H,19,21)/t12-/m1/s1. The highest BCUT2D eigenvalue weighted by atomic mass is 79.9. The number of nitrogens with zero attached hydrogens (tertiary/aromatic N) is 1. The predicted molar refractivity (Wildman–Crippen MR) is 103 cm³/mol. The molecule has 0 bridgehead atoms. The molecule has 8 heteroatoms. The van der Waals surface area contributed by atoms with Gasteiger partial charge in [0.1, 0.15) is 5.75 Å². The molecule has 6 nitrogen and oxygen atoms in total. The van der Waals surface area contributed by atoms with E-state index in [1.54, 1.807) is 43.3 Å². The lowest BCUT2D eigenvalue weighted by atomic mass is 10.3. The molecule has 0 aliphatic heterocycles. The van der Waals surface area contributed by atoms with Crippen molar-refractivity contribution >= 4 is 43.2 Å². The zero-order valence-electron chi connectivity index (χ0n) is 14.1. The largest absolute Gasteiger partial charge is 0.481 e. The van der Waals surface area contributed by atoms with Gasteiger partial charge in [0.15, 0.2) is 6.10 Å². The Hall–Kier alpha value is -2.06. The van der Waals surface area contributed by atoms with Crippen LogP contribution in [-0.4, -0.2) is 33.7 Å². The summed E-state index contributed by atoms with van der Waals surface area (Å²) in [7, 11) is -1.85. The number of benzene rings is 2. The highest BCUT2D eigenvalue weighted by Crippen LogP contribution is 2.21. The Morgan fingerprint density at radius 2 is 1.68 bits per heavy atom. The Morgan fingerprint density at radius 3 is 2.20 bits per heavy atom. The van der Waals surface area contributed by atoms with Crippen molar-refractivity contribution in [3.63, 3.8) is 0 Å². The SMILES string of the molecule is C[C@@H](Oc1ccc(N(C)S(C)(=O)=O)cc1)C(=O)Nc1ccc(Br)cc1. The maximum absolute atomic E-state index is 12.2. The lowest BCUT2D eigenvalue weighted by molar-refractivity contribution is -0.122. The Labute approximate surface area is 156 Å². The van der Waals surface area contributed by atoms with E-state index in [4.69, 9.17) is 4.74 Å². The molecule has 0 saturated carbocycles. The Bertz CT molecular complexity index is 836. The van der Waals surface area contributed by atoms with Crippen LogP contribution in [0.2, 0.25) is 0 Å². The average molecular weight is 427 g/mol. The summed E-state index contributed by atoms with van der Waals surface area (Å²) in [6, 6.07) is 13.7. The number of amides is 1. The summed E-state index contributed by atoms with van der Waals surface area (Å²) in [6.45, 7) is 1.64. The molecule has 2 rings (SSSR count). The first-order valence-electron chi connectivity index (χ1n) is 7.44. The number of hydrogen-bond donors (Lipinski definition) is 1. The monoisotopic (exact) mass is 426 g/mol. The molecule has 0 aliphatic carbocycles. The zero-order chi connectivity index (χ0) is 18.6. The van der Waals surface area contributed by atoms with Crippen LogP contribution < -0.4 is 14.4 Å². The number of hydrogen-bond acceptors (Lipinski definition) is 4. The zero-order valence-corrected chi connectivity index (χ0v) is 16.5. The molecule has 25 heavy (non-hydrogen) atoms. The molecule has 0 aromatic heterocycles. The van der Waals surface area contributed by atoms with Gasteiger partial charge in [-0.2, -0.15) is 0 Å². The van der Waals surface area contributed by atoms with Crippen molar-refractivity contribution in [2.45, 2.75) is 13.0 Å². The van der Waals surface area contributed by atoms with Crippen LogP contribution in [0.1, 0.15) is 6.92 Å². The highest BCUT2D eigenvalue weighted by Gasteiger charge is 2.16. The molecule has 0 spiro atoms. The lowest BCUT2D eigenvalue weighted by Gasteiger charge is -2.18. The number of nitrogens with one attached hydrogen (secondary N) is 1. The van der Waals surface area contributed by atoms with Crippen molar-refractivity contribution in [1.82, 2.24) is 0 Å². The minimum absolute atomic E-state index is 0.278. The molecule has 1 atom stereocenters. The van der Waals surface area contributed by atoms with Gasteiger partial charge >= 0.3 is 0 Å². The molecule has 0 aliphatic rings. The summed E-state index contributed by atoms with van der Waals surface area (Å²) >= 11 is 3.33. The van der Waals surface area contributed by atoms with Crippen molar-refractivity contribution in [3.8, 4) is 5.75 Å². The second-order valence-electron chi connectivity index (χ2n) is 5.48. The average Bonchev–Trinajstić information content (AvgIpc) is 2.56. The third-order valence-corrected chi connectivity index (χ3v) is 5.23. The van der Waals surface area contributed by atoms with Gasteiger partial charge in [0.2, 0.25) is 10.0 Å². The normalized spacial score (nSPS) is 12.3. The van der Waals surface area contributed by atoms with Gasteiger partial charge in [-0.15, -0.1) is 0 Å². The van der Waals surface area contributed by atoms with Gasteiger partial charge < -0.3 is 10.1 Å². The van der Waals surface area contributed by atoms with Crippen LogP contribution in [0.15, 0.2) is 53.0 Å². The highest BCUT2D eigenvalue weighted by molar-refractivity contribution is 9.10. The second kappa shape index (κ2) is 7.88. The molecule has 2 aromatic carbocycles. The summed E-state index contributed by atoms with van der Waals surface area (Å²) < 4.78 is 30.7. The maximum atomic E-state index is 12.2. The number of ether oxygens (including phenoxy) is 1. The first-order chi connectivity index (χ1) is 11.7. The predicted octanol–water partition coefficient (Wildman–Crippen LogP) is 3.25. The number of sulfonamides is 1. The van der Waals surface area contributed by atoms with Crippen LogP contribution in [0.4, 0.5) is 11.4 Å². The van der Waals surface area contributed by atoms with Crippen molar-refractivity contribution in [3.05, 3.63) is 53.0 Å². The lowest BCUT2D eigenvalue weighted by Crippen LogP contribution is -2.30. The van der Waals surface area contributed by atoms with E-state index in [0.29, 0.717) is 17.1 Å². The first kappa shape index (κ1) is 19.3. The smallest absolute Gasteiger partial charge is 0.265 e. The maximum Gasteiger partial charge on any atom is 0.265 e. The summed E-state index contributed by atoms with van der Waals surface area (Å²) in [5.41, 5.74) is 1.19. The van der Waals surface area contributed by atoms with Gasteiger partial charge in [-0.25, -0.2) is 8.42 Å². The van der Waals surface area contributed by atoms with Crippen LogP contribution in [0.5, 0.6) is 5.75 Å². The minimum atomic E-state index is -3.32. The second-order valence-corrected chi connectivity index (χ2v) is 8.41. The Kier molecular flexibility index (Phi) is 6.07. The van der Waals surface area contributed by atoms with E-state index in [2.05, 4.69) is 21.2 Å². The van der Waals surface area contributed by atoms with E-state index in [1.165, 1.54) is 11.4 Å². The number of rotatable bonds is 6. The molecule has 0 saturated heterocycles. The first-order valence-corrected chi connectivity index (χ1v) is 10.1. The van der Waals surface area contributed by atoms with Gasteiger partial charge in [-0.05, 0) is 55.5 Å². The fourth-order valence-electron chi connectivity index (χ4n) is 1.96. The quantitative estimate of drug-likeness (QED) is 0.768. The van der Waals surface area contributed by atoms with Crippen molar-refractivity contribution < 1.29 is 17.9 Å². The van der Waals surface area contributed by atoms with Gasteiger partial charge in [0.05, 0.1) is 11.9 Å². The molecule has 2 aromatic rings. The fraction of sp³-hybridized carbons (Fsp3) is 0.235. The van der Waals surface area contributed by atoms with Crippen LogP contribution in [0, 0.1) is 0 Å². The van der Waals surface area contributed by atoms with E-state index >= 15 is 0 Å².